The van der Waals surface area contributed by atoms with Crippen molar-refractivity contribution in [2.45, 2.75) is 18.4 Å². The summed E-state index contributed by atoms with van der Waals surface area (Å²) in [6, 6.07) is 0. The monoisotopic (exact) mass is 200 g/mol. The van der Waals surface area contributed by atoms with Crippen molar-refractivity contribution in [1.29, 1.82) is 0 Å². The molecule has 0 aromatic rings. The van der Waals surface area contributed by atoms with Gasteiger partial charge in [-0.15, -0.1) is 0 Å². The van der Waals surface area contributed by atoms with Crippen molar-refractivity contribution in [1.82, 2.24) is 10.6 Å². The quantitative estimate of drug-likeness (QED) is 0.517. The Bertz CT molecular complexity index is 249. The molecule has 1 atom stereocenters. The molecule has 0 radical (unpaired) electrons. The van der Waals surface area contributed by atoms with Crippen molar-refractivity contribution in [2.24, 2.45) is 0 Å². The van der Waals surface area contributed by atoms with Crippen molar-refractivity contribution < 1.29 is 9.59 Å². The van der Waals surface area contributed by atoms with E-state index < -0.39 is 5.54 Å². The van der Waals surface area contributed by atoms with Crippen LogP contribution in [-0.2, 0) is 9.59 Å². The van der Waals surface area contributed by atoms with Gasteiger partial charge in [-0.05, 0) is 18.6 Å². The van der Waals surface area contributed by atoms with Crippen LogP contribution >= 0.6 is 11.8 Å². The molecule has 2 rings (SSSR count). The summed E-state index contributed by atoms with van der Waals surface area (Å²) in [5.41, 5.74) is -0.461. The molecule has 0 aliphatic carbocycles. The van der Waals surface area contributed by atoms with Gasteiger partial charge in [0, 0.05) is 5.75 Å². The number of hydrogen-bond acceptors (Lipinski definition) is 4. The smallest absolute Gasteiger partial charge is 0.247 e. The minimum Gasteiger partial charge on any atom is -0.294 e. The van der Waals surface area contributed by atoms with E-state index in [9.17, 15) is 9.59 Å². The lowest BCUT2D eigenvalue weighted by atomic mass is 9.92. The molecule has 72 valence electrons. The van der Waals surface area contributed by atoms with Crippen LogP contribution in [0.4, 0.5) is 0 Å². The molecule has 4 nitrogen and oxygen atoms in total. The molecule has 2 heterocycles. The van der Waals surface area contributed by atoms with Crippen molar-refractivity contribution in [3.8, 4) is 0 Å². The molecule has 0 saturated carbocycles. The van der Waals surface area contributed by atoms with Crippen LogP contribution in [-0.4, -0.2) is 35.4 Å². The minimum atomic E-state index is -0.461. The fourth-order valence-corrected chi connectivity index (χ4v) is 2.95. The third kappa shape index (κ3) is 1.58. The Morgan fingerprint density at radius 3 is 2.85 bits per heavy atom. The van der Waals surface area contributed by atoms with Gasteiger partial charge in [-0.25, -0.2) is 0 Å². The molecule has 0 bridgehead atoms. The van der Waals surface area contributed by atoms with Crippen molar-refractivity contribution in [3.63, 3.8) is 0 Å². The predicted octanol–water partition coefficient (Wildman–Crippen LogP) is -0.502. The molecule has 2 aliphatic heterocycles. The second-order valence-electron chi connectivity index (χ2n) is 3.47. The SMILES string of the molecule is O=C1CNC2(CCCSC2)C(=O)N1. The van der Waals surface area contributed by atoms with Gasteiger partial charge < -0.3 is 0 Å². The van der Waals surface area contributed by atoms with Gasteiger partial charge in [-0.2, -0.15) is 11.8 Å². The van der Waals surface area contributed by atoms with Gasteiger partial charge in [0.05, 0.1) is 6.54 Å². The Morgan fingerprint density at radius 2 is 2.23 bits per heavy atom. The zero-order valence-corrected chi connectivity index (χ0v) is 8.08. The summed E-state index contributed by atoms with van der Waals surface area (Å²) in [6.07, 6.45) is 1.89. The Balaban J connectivity index is 2.12. The fraction of sp³-hybridized carbons (Fsp3) is 0.750. The van der Waals surface area contributed by atoms with E-state index in [0.717, 1.165) is 24.3 Å². The summed E-state index contributed by atoms with van der Waals surface area (Å²) in [4.78, 5) is 22.5. The van der Waals surface area contributed by atoms with Crippen LogP contribution < -0.4 is 10.6 Å². The van der Waals surface area contributed by atoms with Crippen LogP contribution in [0.5, 0.6) is 0 Å². The lowest BCUT2D eigenvalue weighted by Crippen LogP contribution is -2.67. The van der Waals surface area contributed by atoms with E-state index in [1.807, 2.05) is 0 Å². The minimum absolute atomic E-state index is 0.143. The topological polar surface area (TPSA) is 58.2 Å². The molecule has 1 unspecified atom stereocenters. The predicted molar refractivity (Wildman–Crippen MR) is 50.4 cm³/mol. The Kier molecular flexibility index (Phi) is 2.29. The first kappa shape index (κ1) is 9.02. The highest BCUT2D eigenvalue weighted by Gasteiger charge is 2.43. The van der Waals surface area contributed by atoms with E-state index >= 15 is 0 Å². The third-order valence-corrected chi connectivity index (χ3v) is 3.79. The van der Waals surface area contributed by atoms with Crippen LogP contribution in [0.1, 0.15) is 12.8 Å². The average molecular weight is 200 g/mol. The van der Waals surface area contributed by atoms with Crippen LogP contribution in [0, 0.1) is 0 Å². The maximum atomic E-state index is 11.6. The molecule has 2 aliphatic rings. The van der Waals surface area contributed by atoms with Crippen LogP contribution in [0.2, 0.25) is 0 Å². The standard InChI is InChI=1S/C8H12N2O2S/c11-6-4-9-8(7(12)10-6)2-1-3-13-5-8/h9H,1-5H2,(H,10,11,12). The summed E-state index contributed by atoms with van der Waals surface area (Å²) in [5.74, 6) is 1.54. The number of carbonyl (C=O) groups is 2. The molecule has 2 saturated heterocycles. The molecule has 2 N–H and O–H groups in total. The summed E-state index contributed by atoms with van der Waals surface area (Å²) in [5, 5.41) is 5.44. The van der Waals surface area contributed by atoms with E-state index in [0.29, 0.717) is 0 Å². The van der Waals surface area contributed by atoms with Gasteiger partial charge >= 0.3 is 0 Å². The molecular weight excluding hydrogens is 188 g/mol. The molecule has 0 aromatic heterocycles. The molecule has 13 heavy (non-hydrogen) atoms. The molecule has 0 aromatic carbocycles. The highest BCUT2D eigenvalue weighted by molar-refractivity contribution is 7.99. The van der Waals surface area contributed by atoms with Crippen molar-refractivity contribution >= 4 is 23.6 Å². The normalized spacial score (nSPS) is 34.8. The highest BCUT2D eigenvalue weighted by atomic mass is 32.2. The lowest BCUT2D eigenvalue weighted by Gasteiger charge is -2.38. The first-order chi connectivity index (χ1) is 6.23. The van der Waals surface area contributed by atoms with E-state index in [1.54, 1.807) is 11.8 Å². The first-order valence-electron chi connectivity index (χ1n) is 4.40. The highest BCUT2D eigenvalue weighted by Crippen LogP contribution is 2.27. The van der Waals surface area contributed by atoms with Gasteiger partial charge in [-0.3, -0.25) is 20.2 Å². The molecular formula is C8H12N2O2S. The van der Waals surface area contributed by atoms with Crippen LogP contribution in [0.25, 0.3) is 0 Å². The number of amides is 2. The summed E-state index contributed by atoms with van der Waals surface area (Å²) in [7, 11) is 0. The number of thioether (sulfide) groups is 1. The largest absolute Gasteiger partial charge is 0.294 e. The van der Waals surface area contributed by atoms with Gasteiger partial charge in [0.1, 0.15) is 5.54 Å². The maximum Gasteiger partial charge on any atom is 0.247 e. The van der Waals surface area contributed by atoms with Crippen molar-refractivity contribution in [2.75, 3.05) is 18.1 Å². The zero-order valence-electron chi connectivity index (χ0n) is 7.26. The summed E-state index contributed by atoms with van der Waals surface area (Å²) in [6.45, 7) is 0.270. The molecule has 1 spiro atoms. The lowest BCUT2D eigenvalue weighted by molar-refractivity contribution is -0.137. The molecule has 2 fully saturated rings. The van der Waals surface area contributed by atoms with Gasteiger partial charge in [0.2, 0.25) is 11.8 Å². The third-order valence-electron chi connectivity index (χ3n) is 2.52. The first-order valence-corrected chi connectivity index (χ1v) is 5.55. The van der Waals surface area contributed by atoms with Gasteiger partial charge in [0.15, 0.2) is 0 Å². The van der Waals surface area contributed by atoms with Gasteiger partial charge in [-0.1, -0.05) is 0 Å². The summed E-state index contributed by atoms with van der Waals surface area (Å²) < 4.78 is 0. The number of piperazine rings is 1. The van der Waals surface area contributed by atoms with E-state index in [2.05, 4.69) is 10.6 Å². The number of carbonyl (C=O) groups excluding carboxylic acids is 2. The number of imide groups is 1. The number of hydrogen-bond donors (Lipinski definition) is 2. The van der Waals surface area contributed by atoms with E-state index in [1.165, 1.54) is 0 Å². The zero-order chi connectivity index (χ0) is 9.31. The van der Waals surface area contributed by atoms with Crippen LogP contribution in [0.3, 0.4) is 0 Å². The second kappa shape index (κ2) is 3.31. The fourth-order valence-electron chi connectivity index (χ4n) is 1.73. The molecule has 2 amide bonds. The van der Waals surface area contributed by atoms with E-state index in [4.69, 9.17) is 0 Å². The maximum absolute atomic E-state index is 11.6. The second-order valence-corrected chi connectivity index (χ2v) is 4.57. The Hall–Kier alpha value is -0.550. The summed E-state index contributed by atoms with van der Waals surface area (Å²) >= 11 is 1.77. The molecule has 5 heteroatoms. The Morgan fingerprint density at radius 1 is 1.38 bits per heavy atom. The van der Waals surface area contributed by atoms with Crippen molar-refractivity contribution in [3.05, 3.63) is 0 Å². The van der Waals surface area contributed by atoms with E-state index in [-0.39, 0.29) is 18.4 Å². The Labute approximate surface area is 80.8 Å². The average Bonchev–Trinajstić information content (AvgIpc) is 2.14. The number of rotatable bonds is 0. The van der Waals surface area contributed by atoms with Gasteiger partial charge in [0.25, 0.3) is 0 Å². The van der Waals surface area contributed by atoms with Crippen LogP contribution in [0.15, 0.2) is 0 Å². The number of nitrogens with one attached hydrogen (secondary N) is 2.